The molecule has 6 nitrogen and oxygen atoms in total. The highest BCUT2D eigenvalue weighted by Gasteiger charge is 2.25. The fourth-order valence-electron chi connectivity index (χ4n) is 3.58. The number of nitrogens with one attached hydrogen (secondary N) is 1. The van der Waals surface area contributed by atoms with E-state index in [1.165, 1.54) is 18.4 Å². The Morgan fingerprint density at radius 3 is 2.85 bits per heavy atom. The standard InChI is InChI=1S/C20H24N6/c1-2-6-17(7-3-1)16-25-13-11-22-20(25)15-21-14-18-8-5-12-26(18)19-9-4-10-23-24-19/h1-4,6-7,9-11,13,18,21H,5,8,12,14-16H2/t18-/m0/s1. The minimum Gasteiger partial charge on any atom is -0.351 e. The van der Waals surface area contributed by atoms with Crippen LogP contribution in [0.15, 0.2) is 61.1 Å². The second kappa shape index (κ2) is 8.10. The highest BCUT2D eigenvalue weighted by atomic mass is 15.3. The summed E-state index contributed by atoms with van der Waals surface area (Å²) < 4.78 is 2.21. The Morgan fingerprint density at radius 1 is 1.08 bits per heavy atom. The van der Waals surface area contributed by atoms with Crippen molar-refractivity contribution in [3.8, 4) is 0 Å². The van der Waals surface area contributed by atoms with Crippen molar-refractivity contribution < 1.29 is 0 Å². The number of imidazole rings is 1. The fourth-order valence-corrected chi connectivity index (χ4v) is 3.58. The van der Waals surface area contributed by atoms with Crippen LogP contribution in [-0.2, 0) is 13.1 Å². The van der Waals surface area contributed by atoms with Crippen LogP contribution in [0.1, 0.15) is 24.2 Å². The summed E-state index contributed by atoms with van der Waals surface area (Å²) >= 11 is 0. The molecule has 1 N–H and O–H groups in total. The van der Waals surface area contributed by atoms with E-state index < -0.39 is 0 Å². The first kappa shape index (κ1) is 16.7. The van der Waals surface area contributed by atoms with Crippen LogP contribution in [0.4, 0.5) is 5.82 Å². The van der Waals surface area contributed by atoms with E-state index in [0.717, 1.165) is 37.8 Å². The van der Waals surface area contributed by atoms with E-state index in [2.05, 4.69) is 54.2 Å². The molecule has 1 aliphatic heterocycles. The maximum Gasteiger partial charge on any atom is 0.151 e. The van der Waals surface area contributed by atoms with Crippen molar-refractivity contribution in [1.29, 1.82) is 0 Å². The molecule has 3 heterocycles. The molecule has 1 fully saturated rings. The van der Waals surface area contributed by atoms with Crippen LogP contribution in [-0.4, -0.2) is 38.9 Å². The van der Waals surface area contributed by atoms with Crippen molar-refractivity contribution >= 4 is 5.82 Å². The topological polar surface area (TPSA) is 58.9 Å². The molecule has 3 aromatic rings. The van der Waals surface area contributed by atoms with Gasteiger partial charge in [-0.05, 0) is 30.5 Å². The van der Waals surface area contributed by atoms with Crippen LogP contribution in [0.3, 0.4) is 0 Å². The molecular weight excluding hydrogens is 324 g/mol. The van der Waals surface area contributed by atoms with Gasteiger partial charge in [0, 0.05) is 44.3 Å². The Hall–Kier alpha value is -2.73. The van der Waals surface area contributed by atoms with Gasteiger partial charge in [-0.25, -0.2) is 4.98 Å². The molecule has 0 radical (unpaired) electrons. The summed E-state index contributed by atoms with van der Waals surface area (Å²) in [5, 5.41) is 11.9. The van der Waals surface area contributed by atoms with Gasteiger partial charge in [-0.2, -0.15) is 5.10 Å². The Morgan fingerprint density at radius 2 is 2.00 bits per heavy atom. The van der Waals surface area contributed by atoms with Crippen LogP contribution >= 0.6 is 0 Å². The van der Waals surface area contributed by atoms with Crippen LogP contribution in [0.2, 0.25) is 0 Å². The summed E-state index contributed by atoms with van der Waals surface area (Å²) in [5.74, 6) is 2.04. The molecule has 1 aromatic carbocycles. The Kier molecular flexibility index (Phi) is 5.21. The zero-order chi connectivity index (χ0) is 17.6. The largest absolute Gasteiger partial charge is 0.351 e. The van der Waals surface area contributed by atoms with E-state index >= 15 is 0 Å². The second-order valence-electron chi connectivity index (χ2n) is 6.66. The van der Waals surface area contributed by atoms with Gasteiger partial charge in [-0.3, -0.25) is 0 Å². The van der Waals surface area contributed by atoms with E-state index in [9.17, 15) is 0 Å². The van der Waals surface area contributed by atoms with E-state index in [0.29, 0.717) is 6.04 Å². The normalized spacial score (nSPS) is 16.9. The lowest BCUT2D eigenvalue weighted by Crippen LogP contribution is -2.38. The van der Waals surface area contributed by atoms with Gasteiger partial charge in [-0.15, -0.1) is 5.10 Å². The molecule has 26 heavy (non-hydrogen) atoms. The zero-order valence-electron chi connectivity index (χ0n) is 14.8. The van der Waals surface area contributed by atoms with Gasteiger partial charge < -0.3 is 14.8 Å². The Bertz CT molecular complexity index is 801. The quantitative estimate of drug-likeness (QED) is 0.711. The number of aromatic nitrogens is 4. The predicted octanol–water partition coefficient (Wildman–Crippen LogP) is 2.48. The van der Waals surface area contributed by atoms with Gasteiger partial charge in [-0.1, -0.05) is 30.3 Å². The number of benzene rings is 1. The van der Waals surface area contributed by atoms with Crippen molar-refractivity contribution in [2.45, 2.75) is 32.0 Å². The molecule has 1 saturated heterocycles. The second-order valence-corrected chi connectivity index (χ2v) is 6.66. The number of hydrogen-bond acceptors (Lipinski definition) is 5. The lowest BCUT2D eigenvalue weighted by molar-refractivity contribution is 0.548. The average molecular weight is 348 g/mol. The Labute approximate surface area is 153 Å². The fraction of sp³-hybridized carbons (Fsp3) is 0.350. The first-order valence-electron chi connectivity index (χ1n) is 9.19. The van der Waals surface area contributed by atoms with Crippen LogP contribution < -0.4 is 10.2 Å². The molecule has 2 aromatic heterocycles. The molecule has 1 aliphatic rings. The summed E-state index contributed by atoms with van der Waals surface area (Å²) in [6.45, 7) is 3.60. The third kappa shape index (κ3) is 3.91. The van der Waals surface area contributed by atoms with E-state index in [1.54, 1.807) is 6.20 Å². The van der Waals surface area contributed by atoms with E-state index in [1.807, 2.05) is 30.6 Å². The zero-order valence-corrected chi connectivity index (χ0v) is 14.8. The van der Waals surface area contributed by atoms with Crippen molar-refractivity contribution in [3.05, 3.63) is 72.4 Å². The minimum atomic E-state index is 0.462. The number of hydrogen-bond donors (Lipinski definition) is 1. The molecule has 1 atom stereocenters. The number of rotatable bonds is 7. The summed E-state index contributed by atoms with van der Waals surface area (Å²) in [7, 11) is 0. The lowest BCUT2D eigenvalue weighted by atomic mass is 10.2. The summed E-state index contributed by atoms with van der Waals surface area (Å²) in [6, 6.07) is 14.9. The molecule has 0 saturated carbocycles. The number of anilines is 1. The Balaban J connectivity index is 1.33. The van der Waals surface area contributed by atoms with E-state index in [-0.39, 0.29) is 0 Å². The van der Waals surface area contributed by atoms with Crippen LogP contribution in [0.5, 0.6) is 0 Å². The smallest absolute Gasteiger partial charge is 0.151 e. The summed E-state index contributed by atoms with van der Waals surface area (Å²) in [4.78, 5) is 6.88. The molecule has 0 amide bonds. The number of nitrogens with zero attached hydrogens (tertiary/aromatic N) is 5. The van der Waals surface area contributed by atoms with Gasteiger partial charge in [0.25, 0.3) is 0 Å². The molecule has 0 spiro atoms. The van der Waals surface area contributed by atoms with Gasteiger partial charge in [0.2, 0.25) is 0 Å². The molecule has 6 heteroatoms. The lowest BCUT2D eigenvalue weighted by Gasteiger charge is -2.25. The average Bonchev–Trinajstić information content (AvgIpc) is 3.33. The van der Waals surface area contributed by atoms with Crippen molar-refractivity contribution in [3.63, 3.8) is 0 Å². The maximum atomic E-state index is 4.52. The highest BCUT2D eigenvalue weighted by molar-refractivity contribution is 5.39. The summed E-state index contributed by atoms with van der Waals surface area (Å²) in [5.41, 5.74) is 1.29. The van der Waals surface area contributed by atoms with Crippen molar-refractivity contribution in [1.82, 2.24) is 25.1 Å². The van der Waals surface area contributed by atoms with E-state index in [4.69, 9.17) is 0 Å². The first-order chi connectivity index (χ1) is 12.9. The molecule has 4 rings (SSSR count). The van der Waals surface area contributed by atoms with Crippen LogP contribution in [0.25, 0.3) is 0 Å². The van der Waals surface area contributed by atoms with Gasteiger partial charge >= 0.3 is 0 Å². The third-order valence-electron chi connectivity index (χ3n) is 4.89. The highest BCUT2D eigenvalue weighted by Crippen LogP contribution is 2.22. The van der Waals surface area contributed by atoms with Gasteiger partial charge in [0.15, 0.2) is 5.82 Å². The molecule has 134 valence electrons. The third-order valence-corrected chi connectivity index (χ3v) is 4.89. The predicted molar refractivity (Wildman–Crippen MR) is 102 cm³/mol. The molecule has 0 bridgehead atoms. The SMILES string of the molecule is c1ccc(Cn2ccnc2CNC[C@@H]2CCCN2c2cccnn2)cc1. The molecule has 0 unspecified atom stereocenters. The first-order valence-corrected chi connectivity index (χ1v) is 9.19. The monoisotopic (exact) mass is 348 g/mol. The maximum absolute atomic E-state index is 4.52. The molecular formula is C20H24N6. The van der Waals surface area contributed by atoms with Crippen molar-refractivity contribution in [2.75, 3.05) is 18.0 Å². The van der Waals surface area contributed by atoms with Gasteiger partial charge in [0.05, 0.1) is 6.54 Å². The molecule has 0 aliphatic carbocycles. The van der Waals surface area contributed by atoms with Crippen molar-refractivity contribution in [2.24, 2.45) is 0 Å². The summed E-state index contributed by atoms with van der Waals surface area (Å²) in [6.07, 6.45) is 8.03. The van der Waals surface area contributed by atoms with Gasteiger partial charge in [0.1, 0.15) is 5.82 Å². The van der Waals surface area contributed by atoms with Crippen LogP contribution in [0, 0.1) is 0 Å². The minimum absolute atomic E-state index is 0.462.